The molecule has 2 N–H and O–H groups in total. The Balaban J connectivity index is 1.64. The van der Waals surface area contributed by atoms with Crippen molar-refractivity contribution in [3.63, 3.8) is 0 Å². The van der Waals surface area contributed by atoms with E-state index >= 15 is 0 Å². The van der Waals surface area contributed by atoms with Crippen molar-refractivity contribution in [2.75, 3.05) is 4.90 Å². The molecule has 2 atom stereocenters. The van der Waals surface area contributed by atoms with Crippen LogP contribution in [0.4, 0.5) is 5.69 Å². The Hall–Kier alpha value is -3.71. The molecule has 7 heteroatoms. The molecule has 160 valence electrons. The van der Waals surface area contributed by atoms with Crippen LogP contribution in [0.15, 0.2) is 78.2 Å². The smallest absolute Gasteiger partial charge is 0.277 e. The molecule has 2 amide bonds. The molecule has 3 heterocycles. The summed E-state index contributed by atoms with van der Waals surface area (Å²) >= 11 is 1.58. The van der Waals surface area contributed by atoms with Crippen LogP contribution >= 0.6 is 11.3 Å². The van der Waals surface area contributed by atoms with Gasteiger partial charge < -0.3 is 10.6 Å². The van der Waals surface area contributed by atoms with E-state index in [1.807, 2.05) is 85.1 Å². The number of anilines is 1. The molecule has 2 unspecified atom stereocenters. The van der Waals surface area contributed by atoms with Crippen LogP contribution in [0.3, 0.4) is 0 Å². The number of fused-ring (bicyclic) bond motifs is 1. The zero-order valence-corrected chi connectivity index (χ0v) is 18.3. The van der Waals surface area contributed by atoms with E-state index in [2.05, 4.69) is 0 Å². The molecule has 4 aromatic rings. The summed E-state index contributed by atoms with van der Waals surface area (Å²) in [6, 6.07) is 22.7. The highest BCUT2D eigenvalue weighted by Crippen LogP contribution is 2.39. The lowest BCUT2D eigenvalue weighted by Gasteiger charge is -2.38. The van der Waals surface area contributed by atoms with Gasteiger partial charge in [0.15, 0.2) is 0 Å². The standard InChI is InChI=1S/C25H22N4O2S/c1-16-14-19(24(26)30)18-10-5-6-11-21(18)28(16)25(31)22-15-20(23-12-7-13-32-23)27-29(22)17-8-3-2-4-9-17/h2-13,15-16,19H,14H2,1H3,(H2,26,30). The van der Waals surface area contributed by atoms with Crippen molar-refractivity contribution in [2.24, 2.45) is 5.73 Å². The lowest BCUT2D eigenvalue weighted by atomic mass is 9.85. The Bertz CT molecular complexity index is 1280. The van der Waals surface area contributed by atoms with Gasteiger partial charge >= 0.3 is 0 Å². The van der Waals surface area contributed by atoms with Gasteiger partial charge in [-0.15, -0.1) is 11.3 Å². The number of hydrogen-bond acceptors (Lipinski definition) is 4. The van der Waals surface area contributed by atoms with Crippen LogP contribution in [0, 0.1) is 0 Å². The van der Waals surface area contributed by atoms with E-state index in [1.165, 1.54) is 0 Å². The zero-order chi connectivity index (χ0) is 22.2. The van der Waals surface area contributed by atoms with Crippen LogP contribution in [0.5, 0.6) is 0 Å². The van der Waals surface area contributed by atoms with Crippen LogP contribution in [0.25, 0.3) is 16.3 Å². The largest absolute Gasteiger partial charge is 0.369 e. The summed E-state index contributed by atoms with van der Waals surface area (Å²) in [6.45, 7) is 1.95. The maximum absolute atomic E-state index is 14.0. The summed E-state index contributed by atoms with van der Waals surface area (Å²) in [4.78, 5) is 28.8. The van der Waals surface area contributed by atoms with Crippen LogP contribution in [0.2, 0.25) is 0 Å². The molecule has 0 saturated heterocycles. The van der Waals surface area contributed by atoms with Crippen molar-refractivity contribution in [1.82, 2.24) is 9.78 Å². The lowest BCUT2D eigenvalue weighted by molar-refractivity contribution is -0.119. The van der Waals surface area contributed by atoms with Gasteiger partial charge in [0.05, 0.1) is 16.5 Å². The second kappa shape index (κ2) is 8.09. The van der Waals surface area contributed by atoms with Crippen molar-refractivity contribution in [2.45, 2.75) is 25.3 Å². The zero-order valence-electron chi connectivity index (χ0n) is 17.5. The third-order valence-electron chi connectivity index (χ3n) is 5.85. The SMILES string of the molecule is CC1CC(C(N)=O)c2ccccc2N1C(=O)c1cc(-c2cccs2)nn1-c1ccccc1. The maximum Gasteiger partial charge on any atom is 0.277 e. The number of nitrogens with two attached hydrogens (primary N) is 1. The van der Waals surface area contributed by atoms with Crippen molar-refractivity contribution in [1.29, 1.82) is 0 Å². The molecule has 0 bridgehead atoms. The molecule has 0 spiro atoms. The number of nitrogens with zero attached hydrogens (tertiary/aromatic N) is 3. The van der Waals surface area contributed by atoms with E-state index in [4.69, 9.17) is 10.8 Å². The fraction of sp³-hybridized carbons (Fsp3) is 0.160. The normalized spacial score (nSPS) is 17.7. The van der Waals surface area contributed by atoms with Gasteiger partial charge in [-0.25, -0.2) is 4.68 Å². The van der Waals surface area contributed by atoms with Crippen molar-refractivity contribution < 1.29 is 9.59 Å². The minimum absolute atomic E-state index is 0.160. The molecule has 6 nitrogen and oxygen atoms in total. The Labute approximate surface area is 189 Å². The first-order chi connectivity index (χ1) is 15.5. The number of hydrogen-bond donors (Lipinski definition) is 1. The molecule has 0 saturated carbocycles. The first kappa shape index (κ1) is 20.2. The van der Waals surface area contributed by atoms with Gasteiger partial charge in [-0.3, -0.25) is 9.59 Å². The summed E-state index contributed by atoms with van der Waals surface area (Å²) < 4.78 is 1.70. The predicted octanol–water partition coefficient (Wildman–Crippen LogP) is 4.61. The minimum atomic E-state index is -0.411. The first-order valence-corrected chi connectivity index (χ1v) is 11.3. The number of para-hydroxylation sites is 2. The number of aromatic nitrogens is 2. The van der Waals surface area contributed by atoms with Gasteiger partial charge in [0.2, 0.25) is 5.91 Å². The quantitative estimate of drug-likeness (QED) is 0.501. The molecular formula is C25H22N4O2S. The second-order valence-corrected chi connectivity index (χ2v) is 8.86. The Morgan fingerprint density at radius 1 is 1.03 bits per heavy atom. The Morgan fingerprint density at radius 3 is 2.50 bits per heavy atom. The summed E-state index contributed by atoms with van der Waals surface area (Å²) in [7, 11) is 0. The predicted molar refractivity (Wildman–Crippen MR) is 126 cm³/mol. The molecule has 1 aliphatic rings. The third kappa shape index (κ3) is 3.40. The van der Waals surface area contributed by atoms with Crippen LogP contribution < -0.4 is 10.6 Å². The molecule has 5 rings (SSSR count). The average molecular weight is 443 g/mol. The number of primary amides is 1. The van der Waals surface area contributed by atoms with Gasteiger partial charge in [0, 0.05) is 11.7 Å². The molecule has 0 aliphatic carbocycles. The van der Waals surface area contributed by atoms with Gasteiger partial charge in [0.25, 0.3) is 5.91 Å². The number of amides is 2. The van der Waals surface area contributed by atoms with E-state index in [1.54, 1.807) is 20.9 Å². The first-order valence-electron chi connectivity index (χ1n) is 10.5. The Kier molecular flexibility index (Phi) is 5.11. The average Bonchev–Trinajstić information content (AvgIpc) is 3.49. The van der Waals surface area contributed by atoms with Crippen molar-refractivity contribution in [3.8, 4) is 16.3 Å². The van der Waals surface area contributed by atoms with E-state index in [0.29, 0.717) is 12.1 Å². The van der Waals surface area contributed by atoms with Gasteiger partial charge in [-0.1, -0.05) is 42.5 Å². The Morgan fingerprint density at radius 2 is 1.78 bits per heavy atom. The molecular weight excluding hydrogens is 420 g/mol. The number of carbonyl (C=O) groups excluding carboxylic acids is 2. The van der Waals surface area contributed by atoms with Crippen LogP contribution in [0.1, 0.15) is 35.3 Å². The van der Waals surface area contributed by atoms with Gasteiger partial charge in [-0.05, 0) is 54.6 Å². The van der Waals surface area contributed by atoms with Crippen LogP contribution in [-0.2, 0) is 4.79 Å². The third-order valence-corrected chi connectivity index (χ3v) is 6.75. The fourth-order valence-corrected chi connectivity index (χ4v) is 5.04. The van der Waals surface area contributed by atoms with E-state index < -0.39 is 5.92 Å². The summed E-state index contributed by atoms with van der Waals surface area (Å²) in [5.41, 5.74) is 9.22. The highest BCUT2D eigenvalue weighted by Gasteiger charge is 2.37. The number of benzene rings is 2. The summed E-state index contributed by atoms with van der Waals surface area (Å²) in [6.07, 6.45) is 0.481. The van der Waals surface area contributed by atoms with Crippen molar-refractivity contribution in [3.05, 3.63) is 89.4 Å². The monoisotopic (exact) mass is 442 g/mol. The number of thiophene rings is 1. The molecule has 0 fully saturated rings. The number of carbonyl (C=O) groups is 2. The van der Waals surface area contributed by atoms with E-state index in [9.17, 15) is 9.59 Å². The van der Waals surface area contributed by atoms with Crippen molar-refractivity contribution >= 4 is 28.8 Å². The molecule has 2 aromatic heterocycles. The van der Waals surface area contributed by atoms with Gasteiger partial charge in [-0.2, -0.15) is 5.10 Å². The summed E-state index contributed by atoms with van der Waals surface area (Å²) in [5, 5.41) is 6.76. The van der Waals surface area contributed by atoms with E-state index in [0.717, 1.165) is 27.5 Å². The summed E-state index contributed by atoms with van der Waals surface area (Å²) in [5.74, 6) is -0.941. The highest BCUT2D eigenvalue weighted by atomic mass is 32.1. The topological polar surface area (TPSA) is 81.2 Å². The lowest BCUT2D eigenvalue weighted by Crippen LogP contribution is -2.45. The van der Waals surface area contributed by atoms with Gasteiger partial charge in [0.1, 0.15) is 11.4 Å². The fourth-order valence-electron chi connectivity index (χ4n) is 4.36. The minimum Gasteiger partial charge on any atom is -0.369 e. The van der Waals surface area contributed by atoms with Crippen LogP contribution in [-0.4, -0.2) is 27.6 Å². The van der Waals surface area contributed by atoms with E-state index in [-0.39, 0.29) is 17.9 Å². The molecule has 0 radical (unpaired) electrons. The maximum atomic E-state index is 14.0. The number of rotatable bonds is 4. The second-order valence-electron chi connectivity index (χ2n) is 7.91. The highest BCUT2D eigenvalue weighted by molar-refractivity contribution is 7.13. The molecule has 1 aliphatic heterocycles. The molecule has 32 heavy (non-hydrogen) atoms. The molecule has 2 aromatic carbocycles.